The van der Waals surface area contributed by atoms with Crippen molar-refractivity contribution in [1.29, 1.82) is 0 Å². The summed E-state index contributed by atoms with van der Waals surface area (Å²) in [5, 5.41) is 0. The third kappa shape index (κ3) is 12.9. The van der Waals surface area contributed by atoms with Gasteiger partial charge in [-0.2, -0.15) is 0 Å². The number of amides is 1. The van der Waals surface area contributed by atoms with Crippen molar-refractivity contribution in [3.05, 3.63) is 0 Å². The highest BCUT2D eigenvalue weighted by molar-refractivity contribution is 5.76. The van der Waals surface area contributed by atoms with E-state index in [0.29, 0.717) is 13.0 Å². The molecule has 0 rings (SSSR count). The number of ether oxygens (including phenoxy) is 1. The van der Waals surface area contributed by atoms with Crippen LogP contribution in [0.1, 0.15) is 85.0 Å². The van der Waals surface area contributed by atoms with Crippen LogP contribution in [0.15, 0.2) is 0 Å². The molecule has 0 heterocycles. The average molecular weight is 299 g/mol. The first-order chi connectivity index (χ1) is 10.3. The zero-order chi connectivity index (χ0) is 15.8. The Balaban J connectivity index is 3.98. The van der Waals surface area contributed by atoms with Gasteiger partial charge in [-0.1, -0.05) is 59.3 Å². The summed E-state index contributed by atoms with van der Waals surface area (Å²) in [5.41, 5.74) is 0. The summed E-state index contributed by atoms with van der Waals surface area (Å²) in [5.74, 6) is 0.277. The molecule has 3 heteroatoms. The highest BCUT2D eigenvalue weighted by atomic mass is 16.5. The quantitative estimate of drug-likeness (QED) is 0.407. The van der Waals surface area contributed by atoms with E-state index in [4.69, 9.17) is 4.74 Å². The maximum atomic E-state index is 12.3. The van der Waals surface area contributed by atoms with E-state index in [9.17, 15) is 4.79 Å². The second-order valence-corrected chi connectivity index (χ2v) is 5.86. The van der Waals surface area contributed by atoms with Crippen molar-refractivity contribution in [3.63, 3.8) is 0 Å². The summed E-state index contributed by atoms with van der Waals surface area (Å²) in [4.78, 5) is 14.3. The van der Waals surface area contributed by atoms with Crippen LogP contribution >= 0.6 is 0 Å². The molecule has 0 aliphatic carbocycles. The van der Waals surface area contributed by atoms with Gasteiger partial charge >= 0.3 is 0 Å². The van der Waals surface area contributed by atoms with Gasteiger partial charge in [0.1, 0.15) is 0 Å². The standard InChI is InChI=1S/C18H37NO2/c1-4-7-9-11-14-19(15-12-10-8-5-2)18(20)13-17-21-16-6-3/h4-17H2,1-3H3. The second kappa shape index (κ2) is 15.8. The molecule has 3 nitrogen and oxygen atoms in total. The maximum absolute atomic E-state index is 12.3. The number of rotatable bonds is 15. The molecule has 0 radical (unpaired) electrons. The molecule has 0 unspecified atom stereocenters. The van der Waals surface area contributed by atoms with Gasteiger partial charge in [-0.25, -0.2) is 0 Å². The third-order valence-corrected chi connectivity index (χ3v) is 3.72. The van der Waals surface area contributed by atoms with E-state index in [1.54, 1.807) is 0 Å². The van der Waals surface area contributed by atoms with Crippen LogP contribution in [0.3, 0.4) is 0 Å². The fraction of sp³-hybridized carbons (Fsp3) is 0.944. The van der Waals surface area contributed by atoms with Crippen LogP contribution in [0.4, 0.5) is 0 Å². The van der Waals surface area contributed by atoms with E-state index in [2.05, 4.69) is 25.7 Å². The summed E-state index contributed by atoms with van der Waals surface area (Å²) < 4.78 is 5.44. The smallest absolute Gasteiger partial charge is 0.224 e. The minimum absolute atomic E-state index is 0.277. The van der Waals surface area contributed by atoms with Crippen molar-refractivity contribution in [2.24, 2.45) is 0 Å². The Morgan fingerprint density at radius 3 is 1.81 bits per heavy atom. The van der Waals surface area contributed by atoms with Gasteiger partial charge in [-0.3, -0.25) is 4.79 Å². The molecular formula is C18H37NO2. The predicted molar refractivity (Wildman–Crippen MR) is 90.6 cm³/mol. The number of carbonyl (C=O) groups is 1. The van der Waals surface area contributed by atoms with Gasteiger partial charge in [0.25, 0.3) is 0 Å². The van der Waals surface area contributed by atoms with Crippen LogP contribution in [-0.4, -0.2) is 37.1 Å². The van der Waals surface area contributed by atoms with Gasteiger partial charge in [0, 0.05) is 19.7 Å². The van der Waals surface area contributed by atoms with Gasteiger partial charge < -0.3 is 9.64 Å². The summed E-state index contributed by atoms with van der Waals surface area (Å²) in [7, 11) is 0. The van der Waals surface area contributed by atoms with Crippen LogP contribution in [-0.2, 0) is 9.53 Å². The third-order valence-electron chi connectivity index (χ3n) is 3.72. The molecule has 0 aromatic rings. The van der Waals surface area contributed by atoms with E-state index in [-0.39, 0.29) is 5.91 Å². The van der Waals surface area contributed by atoms with Gasteiger partial charge in [0.05, 0.1) is 13.0 Å². The van der Waals surface area contributed by atoms with Crippen LogP contribution in [0, 0.1) is 0 Å². The van der Waals surface area contributed by atoms with Gasteiger partial charge in [-0.05, 0) is 19.3 Å². The number of carbonyl (C=O) groups excluding carboxylic acids is 1. The Kier molecular flexibility index (Phi) is 15.4. The molecule has 0 aromatic heterocycles. The van der Waals surface area contributed by atoms with E-state index < -0.39 is 0 Å². The average Bonchev–Trinajstić information content (AvgIpc) is 2.49. The van der Waals surface area contributed by atoms with Crippen LogP contribution in [0.25, 0.3) is 0 Å². The van der Waals surface area contributed by atoms with Crippen molar-refractivity contribution >= 4 is 5.91 Å². The highest BCUT2D eigenvalue weighted by Gasteiger charge is 2.12. The zero-order valence-electron chi connectivity index (χ0n) is 14.7. The summed E-state index contributed by atoms with van der Waals surface area (Å²) in [6.45, 7) is 9.73. The number of unbranched alkanes of at least 4 members (excludes halogenated alkanes) is 6. The number of hydrogen-bond acceptors (Lipinski definition) is 2. The summed E-state index contributed by atoms with van der Waals surface area (Å²) in [6, 6.07) is 0. The minimum Gasteiger partial charge on any atom is -0.381 e. The first-order valence-electron chi connectivity index (χ1n) is 9.11. The van der Waals surface area contributed by atoms with Crippen molar-refractivity contribution < 1.29 is 9.53 Å². The Bertz CT molecular complexity index is 219. The first-order valence-corrected chi connectivity index (χ1v) is 9.11. The fourth-order valence-corrected chi connectivity index (χ4v) is 2.38. The highest BCUT2D eigenvalue weighted by Crippen LogP contribution is 2.07. The Labute approximate surface area is 132 Å². The summed E-state index contributed by atoms with van der Waals surface area (Å²) >= 11 is 0. The molecule has 0 saturated heterocycles. The van der Waals surface area contributed by atoms with E-state index in [0.717, 1.165) is 39.0 Å². The fourth-order valence-electron chi connectivity index (χ4n) is 2.38. The molecule has 0 aliphatic heterocycles. The van der Waals surface area contributed by atoms with E-state index in [1.807, 2.05) is 0 Å². The maximum Gasteiger partial charge on any atom is 0.224 e. The van der Waals surface area contributed by atoms with Crippen molar-refractivity contribution in [2.75, 3.05) is 26.3 Å². The molecular weight excluding hydrogens is 262 g/mol. The lowest BCUT2D eigenvalue weighted by atomic mass is 10.1. The molecule has 0 spiro atoms. The van der Waals surface area contributed by atoms with E-state index >= 15 is 0 Å². The second-order valence-electron chi connectivity index (χ2n) is 5.86. The molecule has 0 bridgehead atoms. The lowest BCUT2D eigenvalue weighted by molar-refractivity contribution is -0.132. The van der Waals surface area contributed by atoms with Crippen LogP contribution in [0.2, 0.25) is 0 Å². The normalized spacial score (nSPS) is 10.8. The lowest BCUT2D eigenvalue weighted by Gasteiger charge is -2.23. The number of hydrogen-bond donors (Lipinski definition) is 0. The van der Waals surface area contributed by atoms with Crippen molar-refractivity contribution in [3.8, 4) is 0 Å². The first kappa shape index (κ1) is 20.4. The zero-order valence-corrected chi connectivity index (χ0v) is 14.7. The molecule has 0 aliphatic rings. The Morgan fingerprint density at radius 2 is 1.33 bits per heavy atom. The van der Waals surface area contributed by atoms with Gasteiger partial charge in [0.2, 0.25) is 5.91 Å². The molecule has 0 N–H and O–H groups in total. The van der Waals surface area contributed by atoms with Crippen LogP contribution < -0.4 is 0 Å². The van der Waals surface area contributed by atoms with Gasteiger partial charge in [-0.15, -0.1) is 0 Å². The predicted octanol–water partition coefficient (Wildman–Crippen LogP) is 4.79. The van der Waals surface area contributed by atoms with Gasteiger partial charge in [0.15, 0.2) is 0 Å². The molecule has 126 valence electrons. The van der Waals surface area contributed by atoms with Crippen molar-refractivity contribution in [1.82, 2.24) is 4.90 Å². The molecule has 0 atom stereocenters. The number of nitrogens with zero attached hydrogens (tertiary/aromatic N) is 1. The van der Waals surface area contributed by atoms with E-state index in [1.165, 1.54) is 38.5 Å². The largest absolute Gasteiger partial charge is 0.381 e. The molecule has 21 heavy (non-hydrogen) atoms. The molecule has 0 saturated carbocycles. The Morgan fingerprint density at radius 1 is 0.762 bits per heavy atom. The molecule has 0 aromatic carbocycles. The summed E-state index contributed by atoms with van der Waals surface area (Å²) in [6.07, 6.45) is 11.4. The van der Waals surface area contributed by atoms with Crippen molar-refractivity contribution in [2.45, 2.75) is 85.0 Å². The lowest BCUT2D eigenvalue weighted by Crippen LogP contribution is -2.33. The van der Waals surface area contributed by atoms with Crippen LogP contribution in [0.5, 0.6) is 0 Å². The molecule has 1 amide bonds. The molecule has 0 fully saturated rings. The minimum atomic E-state index is 0.277. The Hall–Kier alpha value is -0.570. The monoisotopic (exact) mass is 299 g/mol. The SMILES string of the molecule is CCCCCCN(CCCCCC)C(=O)CCOCCC. The topological polar surface area (TPSA) is 29.5 Å².